The quantitative estimate of drug-likeness (QED) is 0.364. The topological polar surface area (TPSA) is 84.1 Å². The van der Waals surface area contributed by atoms with Crippen LogP contribution in [0.5, 0.6) is 11.5 Å². The standard InChI is InChI=1S/C24H25N3O3S/c1-2-3-15-31(28,29)27-19-11-14-22-23(17-19)26-24(25-22)16-18-9-12-21(13-10-18)30-20-7-5-4-6-8-20/h4-14,17,27H,2-3,15-16H2,1H3,(H,25,26). The first-order valence-electron chi connectivity index (χ1n) is 10.3. The van der Waals surface area contributed by atoms with Crippen LogP contribution >= 0.6 is 0 Å². The van der Waals surface area contributed by atoms with E-state index in [1.807, 2.05) is 67.6 Å². The second-order valence-corrected chi connectivity index (χ2v) is 9.27. The highest BCUT2D eigenvalue weighted by atomic mass is 32.2. The molecule has 4 rings (SSSR count). The number of anilines is 1. The van der Waals surface area contributed by atoms with Crippen LogP contribution < -0.4 is 9.46 Å². The highest BCUT2D eigenvalue weighted by molar-refractivity contribution is 7.92. The van der Waals surface area contributed by atoms with Crippen molar-refractivity contribution in [2.75, 3.05) is 10.5 Å². The summed E-state index contributed by atoms with van der Waals surface area (Å²) in [5.41, 5.74) is 3.24. The van der Waals surface area contributed by atoms with Gasteiger partial charge < -0.3 is 9.72 Å². The van der Waals surface area contributed by atoms with E-state index in [0.717, 1.165) is 40.3 Å². The Bertz CT molecular complexity index is 1250. The summed E-state index contributed by atoms with van der Waals surface area (Å²) in [5.74, 6) is 2.52. The number of fused-ring (bicyclic) bond motifs is 1. The van der Waals surface area contributed by atoms with Crippen LogP contribution in [-0.2, 0) is 16.4 Å². The molecule has 1 aromatic heterocycles. The van der Waals surface area contributed by atoms with Crippen LogP contribution in [-0.4, -0.2) is 24.1 Å². The van der Waals surface area contributed by atoms with E-state index < -0.39 is 10.0 Å². The van der Waals surface area contributed by atoms with Gasteiger partial charge in [-0.25, -0.2) is 13.4 Å². The Kier molecular flexibility index (Phi) is 6.23. The maximum atomic E-state index is 12.1. The molecular formula is C24H25N3O3S. The van der Waals surface area contributed by atoms with E-state index >= 15 is 0 Å². The summed E-state index contributed by atoms with van der Waals surface area (Å²) in [6.07, 6.45) is 2.11. The number of rotatable bonds is 9. The molecule has 160 valence electrons. The fourth-order valence-electron chi connectivity index (χ4n) is 3.27. The SMILES string of the molecule is CCCCS(=O)(=O)Nc1ccc2nc(Cc3ccc(Oc4ccccc4)cc3)[nH]c2c1. The second kappa shape index (κ2) is 9.22. The molecule has 31 heavy (non-hydrogen) atoms. The molecule has 0 atom stereocenters. The number of unbranched alkanes of at least 4 members (excludes halogenated alkanes) is 1. The number of nitrogens with one attached hydrogen (secondary N) is 2. The molecule has 4 aromatic rings. The van der Waals surface area contributed by atoms with Gasteiger partial charge in [-0.05, 0) is 54.4 Å². The number of H-pyrrole nitrogens is 1. The van der Waals surface area contributed by atoms with Crippen LogP contribution in [0.25, 0.3) is 11.0 Å². The smallest absolute Gasteiger partial charge is 0.232 e. The fourth-order valence-corrected chi connectivity index (χ4v) is 4.52. The molecule has 0 radical (unpaired) electrons. The molecule has 6 nitrogen and oxygen atoms in total. The molecule has 3 aromatic carbocycles. The lowest BCUT2D eigenvalue weighted by molar-refractivity contribution is 0.482. The van der Waals surface area contributed by atoms with Gasteiger partial charge in [-0.3, -0.25) is 4.72 Å². The average molecular weight is 436 g/mol. The third-order valence-electron chi connectivity index (χ3n) is 4.84. The summed E-state index contributed by atoms with van der Waals surface area (Å²) >= 11 is 0. The van der Waals surface area contributed by atoms with Gasteiger partial charge in [0.1, 0.15) is 17.3 Å². The second-order valence-electron chi connectivity index (χ2n) is 7.43. The number of aromatic amines is 1. The van der Waals surface area contributed by atoms with Crippen molar-refractivity contribution in [1.29, 1.82) is 0 Å². The minimum Gasteiger partial charge on any atom is -0.457 e. The van der Waals surface area contributed by atoms with Crippen LogP contribution in [0.3, 0.4) is 0 Å². The zero-order chi connectivity index (χ0) is 21.7. The molecule has 7 heteroatoms. The number of ether oxygens (including phenoxy) is 1. The van der Waals surface area contributed by atoms with Gasteiger partial charge in [0.05, 0.1) is 22.5 Å². The fraction of sp³-hybridized carbons (Fsp3) is 0.208. The van der Waals surface area contributed by atoms with Crippen molar-refractivity contribution in [2.24, 2.45) is 0 Å². The highest BCUT2D eigenvalue weighted by Gasteiger charge is 2.11. The van der Waals surface area contributed by atoms with E-state index in [2.05, 4.69) is 14.7 Å². The first-order valence-corrected chi connectivity index (χ1v) is 12.0. The normalized spacial score (nSPS) is 11.5. The molecule has 0 aliphatic rings. The van der Waals surface area contributed by atoms with Gasteiger partial charge in [-0.1, -0.05) is 43.7 Å². The Balaban J connectivity index is 1.44. The van der Waals surface area contributed by atoms with E-state index in [-0.39, 0.29) is 5.75 Å². The summed E-state index contributed by atoms with van der Waals surface area (Å²) < 4.78 is 32.7. The van der Waals surface area contributed by atoms with Crippen LogP contribution in [0.15, 0.2) is 72.8 Å². The molecule has 0 aliphatic carbocycles. The van der Waals surface area contributed by atoms with Crippen molar-refractivity contribution < 1.29 is 13.2 Å². The van der Waals surface area contributed by atoms with Crippen LogP contribution in [0, 0.1) is 0 Å². The molecule has 0 aliphatic heterocycles. The maximum Gasteiger partial charge on any atom is 0.232 e. The Morgan fingerprint density at radius 1 is 0.968 bits per heavy atom. The predicted octanol–water partition coefficient (Wildman–Crippen LogP) is 5.49. The van der Waals surface area contributed by atoms with Crippen molar-refractivity contribution in [1.82, 2.24) is 9.97 Å². The summed E-state index contributed by atoms with van der Waals surface area (Å²) in [5, 5.41) is 0. The molecule has 0 bridgehead atoms. The molecule has 0 saturated carbocycles. The Hall–Kier alpha value is -3.32. The van der Waals surface area contributed by atoms with Crippen molar-refractivity contribution in [3.8, 4) is 11.5 Å². The molecular weight excluding hydrogens is 410 g/mol. The number of sulfonamides is 1. The van der Waals surface area contributed by atoms with Crippen molar-refractivity contribution in [3.05, 3.63) is 84.2 Å². The monoisotopic (exact) mass is 435 g/mol. The number of nitrogens with zero attached hydrogens (tertiary/aromatic N) is 1. The van der Waals surface area contributed by atoms with Gasteiger partial charge in [0.25, 0.3) is 0 Å². The van der Waals surface area contributed by atoms with Gasteiger partial charge in [-0.15, -0.1) is 0 Å². The molecule has 2 N–H and O–H groups in total. The molecule has 1 heterocycles. The molecule has 0 unspecified atom stereocenters. The summed E-state index contributed by atoms with van der Waals surface area (Å²) in [4.78, 5) is 7.91. The lowest BCUT2D eigenvalue weighted by atomic mass is 10.1. The summed E-state index contributed by atoms with van der Waals surface area (Å²) in [7, 11) is -3.33. The zero-order valence-corrected chi connectivity index (χ0v) is 18.2. The maximum absolute atomic E-state index is 12.1. The van der Waals surface area contributed by atoms with Gasteiger partial charge in [-0.2, -0.15) is 0 Å². The van der Waals surface area contributed by atoms with E-state index in [1.165, 1.54) is 0 Å². The molecule has 0 spiro atoms. The third kappa shape index (κ3) is 5.64. The minimum atomic E-state index is -3.33. The first kappa shape index (κ1) is 20.9. The van der Waals surface area contributed by atoms with Crippen molar-refractivity contribution >= 4 is 26.7 Å². The summed E-state index contributed by atoms with van der Waals surface area (Å²) in [6, 6.07) is 22.9. The number of aromatic nitrogens is 2. The molecule has 0 saturated heterocycles. The van der Waals surface area contributed by atoms with E-state index in [1.54, 1.807) is 12.1 Å². The first-order chi connectivity index (χ1) is 15.0. The predicted molar refractivity (Wildman–Crippen MR) is 124 cm³/mol. The van der Waals surface area contributed by atoms with Gasteiger partial charge in [0, 0.05) is 6.42 Å². The average Bonchev–Trinajstić information content (AvgIpc) is 3.16. The number of para-hydroxylation sites is 1. The van der Waals surface area contributed by atoms with Gasteiger partial charge >= 0.3 is 0 Å². The van der Waals surface area contributed by atoms with Crippen molar-refractivity contribution in [2.45, 2.75) is 26.2 Å². The van der Waals surface area contributed by atoms with Gasteiger partial charge in [0.2, 0.25) is 10.0 Å². The lowest BCUT2D eigenvalue weighted by Crippen LogP contribution is -2.16. The van der Waals surface area contributed by atoms with Crippen LogP contribution in [0.2, 0.25) is 0 Å². The molecule has 0 amide bonds. The Labute approximate surface area is 182 Å². The Morgan fingerprint density at radius 3 is 2.45 bits per heavy atom. The van der Waals surface area contributed by atoms with Crippen LogP contribution in [0.4, 0.5) is 5.69 Å². The Morgan fingerprint density at radius 2 is 1.71 bits per heavy atom. The zero-order valence-electron chi connectivity index (χ0n) is 17.3. The number of benzene rings is 3. The lowest BCUT2D eigenvalue weighted by Gasteiger charge is -2.07. The highest BCUT2D eigenvalue weighted by Crippen LogP contribution is 2.23. The number of hydrogen-bond acceptors (Lipinski definition) is 4. The van der Waals surface area contributed by atoms with E-state index in [4.69, 9.17) is 4.74 Å². The minimum absolute atomic E-state index is 0.125. The van der Waals surface area contributed by atoms with Crippen LogP contribution in [0.1, 0.15) is 31.2 Å². The van der Waals surface area contributed by atoms with E-state index in [0.29, 0.717) is 18.5 Å². The third-order valence-corrected chi connectivity index (χ3v) is 6.22. The summed E-state index contributed by atoms with van der Waals surface area (Å²) in [6.45, 7) is 1.97. The van der Waals surface area contributed by atoms with E-state index in [9.17, 15) is 8.42 Å². The van der Waals surface area contributed by atoms with Gasteiger partial charge in [0.15, 0.2) is 0 Å². The van der Waals surface area contributed by atoms with Crippen molar-refractivity contribution in [3.63, 3.8) is 0 Å². The largest absolute Gasteiger partial charge is 0.457 e. The number of hydrogen-bond donors (Lipinski definition) is 2. The number of imidazole rings is 1. The molecule has 0 fully saturated rings.